The van der Waals surface area contributed by atoms with Gasteiger partial charge in [0.05, 0.1) is 0 Å². The topological polar surface area (TPSA) is 212 Å². The van der Waals surface area contributed by atoms with Crippen LogP contribution in [0.2, 0.25) is 0 Å². The van der Waals surface area contributed by atoms with Crippen LogP contribution in [0.4, 0.5) is 5.69 Å². The van der Waals surface area contributed by atoms with Crippen LogP contribution in [0, 0.1) is 0 Å². The standard InChI is InChI=1S/C50H54N6O8/c1-3-45(58)53-42(29-35-15-9-5-10-16-35)48(61)56-44(30-36-19-24-39(25-20-36)38-17-11-6-12-18-38)49(62)54-41(28-23-34-13-7-4-8-14-34)46(59)55-43(47(60)52-33(2)50(63)64)31-37-21-26-40(27-22-37)51-32-57/h4-22,24-27,32-33,41-44H,3,23,28-31H2,1-2H3,(H,51,57)(H,52,60)(H,53,58)(H,54,62)(H,55,59)(H,56,61)(H,63,64)/t33-,41+,42+,43-,44-/m0/s1. The Morgan fingerprint density at radius 1 is 0.500 bits per heavy atom. The zero-order chi connectivity index (χ0) is 45.8. The Bertz CT molecular complexity index is 2330. The van der Waals surface area contributed by atoms with Crippen molar-refractivity contribution in [2.24, 2.45) is 0 Å². The van der Waals surface area contributed by atoms with Crippen LogP contribution in [-0.2, 0) is 59.2 Å². The minimum Gasteiger partial charge on any atom is -0.480 e. The maximum absolute atomic E-state index is 14.6. The molecule has 0 aromatic heterocycles. The number of hydrogen-bond donors (Lipinski definition) is 7. The van der Waals surface area contributed by atoms with Crippen molar-refractivity contribution in [3.63, 3.8) is 0 Å². The van der Waals surface area contributed by atoms with Gasteiger partial charge < -0.3 is 37.0 Å². The average molecular weight is 867 g/mol. The van der Waals surface area contributed by atoms with Crippen molar-refractivity contribution >= 4 is 47.6 Å². The van der Waals surface area contributed by atoms with Gasteiger partial charge in [-0.3, -0.25) is 33.6 Å². The van der Waals surface area contributed by atoms with Gasteiger partial charge in [-0.25, -0.2) is 0 Å². The lowest BCUT2D eigenvalue weighted by Crippen LogP contribution is -2.59. The van der Waals surface area contributed by atoms with Crippen LogP contribution >= 0.6 is 0 Å². The number of amides is 6. The summed E-state index contributed by atoms with van der Waals surface area (Å²) in [5.41, 5.74) is 5.41. The van der Waals surface area contributed by atoms with Crippen molar-refractivity contribution in [3.8, 4) is 11.1 Å². The Labute approximate surface area is 372 Å². The number of benzene rings is 5. The minimum absolute atomic E-state index is 0.0203. The predicted molar refractivity (Wildman–Crippen MR) is 244 cm³/mol. The molecule has 0 aliphatic heterocycles. The third-order valence-corrected chi connectivity index (χ3v) is 10.6. The average Bonchev–Trinajstić information content (AvgIpc) is 3.31. The van der Waals surface area contributed by atoms with Crippen molar-refractivity contribution in [2.45, 2.75) is 82.6 Å². The molecule has 5 aromatic rings. The summed E-state index contributed by atoms with van der Waals surface area (Å²) in [4.78, 5) is 92.1. The van der Waals surface area contributed by atoms with E-state index in [0.29, 0.717) is 29.6 Å². The molecule has 0 spiro atoms. The largest absolute Gasteiger partial charge is 0.480 e. The van der Waals surface area contributed by atoms with Gasteiger partial charge in [-0.1, -0.05) is 134 Å². The van der Waals surface area contributed by atoms with Gasteiger partial charge in [0.1, 0.15) is 30.2 Å². The minimum atomic E-state index is -1.28. The van der Waals surface area contributed by atoms with Gasteiger partial charge in [-0.15, -0.1) is 0 Å². The van der Waals surface area contributed by atoms with Crippen LogP contribution in [0.15, 0.2) is 140 Å². The summed E-state index contributed by atoms with van der Waals surface area (Å²) >= 11 is 0. The van der Waals surface area contributed by atoms with Gasteiger partial charge in [0.15, 0.2) is 0 Å². The summed E-state index contributed by atoms with van der Waals surface area (Å²) in [6, 6.07) is 36.3. The Morgan fingerprint density at radius 3 is 1.41 bits per heavy atom. The number of hydrogen-bond acceptors (Lipinski definition) is 7. The van der Waals surface area contributed by atoms with Crippen molar-refractivity contribution in [2.75, 3.05) is 5.32 Å². The molecule has 0 bridgehead atoms. The highest BCUT2D eigenvalue weighted by atomic mass is 16.4. The van der Waals surface area contributed by atoms with E-state index in [-0.39, 0.29) is 38.0 Å². The monoisotopic (exact) mass is 866 g/mol. The summed E-state index contributed by atoms with van der Waals surface area (Å²) in [5, 5.41) is 25.8. The zero-order valence-corrected chi connectivity index (χ0v) is 35.8. The highest BCUT2D eigenvalue weighted by Crippen LogP contribution is 2.20. The molecule has 0 fully saturated rings. The molecule has 5 rings (SSSR count). The van der Waals surface area contributed by atoms with E-state index in [4.69, 9.17) is 0 Å². The Hall–Kier alpha value is -7.61. The molecule has 5 aromatic carbocycles. The molecule has 332 valence electrons. The fraction of sp³-hybridized carbons (Fsp3) is 0.260. The maximum atomic E-state index is 14.6. The number of aliphatic carboxylic acids is 1. The number of carbonyl (C=O) groups excluding carboxylic acids is 6. The molecule has 14 nitrogen and oxygen atoms in total. The van der Waals surface area contributed by atoms with Gasteiger partial charge in [0.25, 0.3) is 0 Å². The molecule has 5 atom stereocenters. The Balaban J connectivity index is 1.45. The highest BCUT2D eigenvalue weighted by molar-refractivity contribution is 5.96. The Morgan fingerprint density at radius 2 is 0.906 bits per heavy atom. The van der Waals surface area contributed by atoms with Crippen molar-refractivity contribution < 1.29 is 38.7 Å². The lowest BCUT2D eigenvalue weighted by molar-refractivity contribution is -0.141. The second kappa shape index (κ2) is 24.1. The van der Waals surface area contributed by atoms with Crippen LogP contribution in [0.1, 0.15) is 48.9 Å². The first-order chi connectivity index (χ1) is 30.9. The van der Waals surface area contributed by atoms with E-state index in [1.54, 1.807) is 31.2 Å². The second-order valence-corrected chi connectivity index (χ2v) is 15.4. The van der Waals surface area contributed by atoms with E-state index in [9.17, 15) is 38.7 Å². The summed E-state index contributed by atoms with van der Waals surface area (Å²) < 4.78 is 0. The van der Waals surface area contributed by atoms with E-state index < -0.39 is 59.8 Å². The molecule has 0 saturated carbocycles. The number of aryl methyl sites for hydroxylation is 1. The van der Waals surface area contributed by atoms with Crippen LogP contribution in [-0.4, -0.2) is 77.2 Å². The lowest BCUT2D eigenvalue weighted by Gasteiger charge is -2.27. The van der Waals surface area contributed by atoms with Gasteiger partial charge in [0, 0.05) is 31.4 Å². The molecular weight excluding hydrogens is 813 g/mol. The molecule has 0 heterocycles. The van der Waals surface area contributed by atoms with Gasteiger partial charge >= 0.3 is 5.97 Å². The summed E-state index contributed by atoms with van der Waals surface area (Å²) in [6.07, 6.45) is 1.20. The first-order valence-electron chi connectivity index (χ1n) is 21.2. The third-order valence-electron chi connectivity index (χ3n) is 10.6. The molecule has 7 N–H and O–H groups in total. The van der Waals surface area contributed by atoms with Crippen molar-refractivity contribution in [1.82, 2.24) is 26.6 Å². The van der Waals surface area contributed by atoms with Crippen molar-refractivity contribution in [3.05, 3.63) is 162 Å². The van der Waals surface area contributed by atoms with Gasteiger partial charge in [0.2, 0.25) is 35.9 Å². The van der Waals surface area contributed by atoms with Crippen LogP contribution in [0.3, 0.4) is 0 Å². The van der Waals surface area contributed by atoms with E-state index in [0.717, 1.165) is 22.3 Å². The highest BCUT2D eigenvalue weighted by Gasteiger charge is 2.32. The Kier molecular flexibility index (Phi) is 17.9. The number of carbonyl (C=O) groups is 7. The van der Waals surface area contributed by atoms with Gasteiger partial charge in [-0.2, -0.15) is 0 Å². The number of carboxylic acid groups (broad SMARTS) is 1. The smallest absolute Gasteiger partial charge is 0.325 e. The summed E-state index contributed by atoms with van der Waals surface area (Å²) in [6.45, 7) is 2.97. The van der Waals surface area contributed by atoms with E-state index >= 15 is 0 Å². The summed E-state index contributed by atoms with van der Waals surface area (Å²) in [7, 11) is 0. The van der Waals surface area contributed by atoms with Crippen LogP contribution < -0.4 is 31.9 Å². The molecule has 0 aliphatic rings. The maximum Gasteiger partial charge on any atom is 0.325 e. The molecular formula is C50H54N6O8. The number of carboxylic acids is 1. The third kappa shape index (κ3) is 14.8. The molecule has 0 unspecified atom stereocenters. The number of anilines is 1. The normalized spacial score (nSPS) is 13.1. The molecule has 0 radical (unpaired) electrons. The number of nitrogens with one attached hydrogen (secondary N) is 6. The number of rotatable bonds is 23. The van der Waals surface area contributed by atoms with Gasteiger partial charge in [-0.05, 0) is 65.3 Å². The van der Waals surface area contributed by atoms with Crippen LogP contribution in [0.25, 0.3) is 11.1 Å². The van der Waals surface area contributed by atoms with Crippen LogP contribution in [0.5, 0.6) is 0 Å². The van der Waals surface area contributed by atoms with E-state index in [1.165, 1.54) is 6.92 Å². The molecule has 0 saturated heterocycles. The summed E-state index contributed by atoms with van der Waals surface area (Å²) in [5.74, 6) is -4.41. The fourth-order valence-electron chi connectivity index (χ4n) is 6.93. The second-order valence-electron chi connectivity index (χ2n) is 15.4. The van der Waals surface area contributed by atoms with Crippen molar-refractivity contribution in [1.29, 1.82) is 0 Å². The zero-order valence-electron chi connectivity index (χ0n) is 35.8. The first kappa shape index (κ1) is 47.4. The molecule has 6 amide bonds. The molecule has 14 heteroatoms. The lowest BCUT2D eigenvalue weighted by atomic mass is 9.98. The van der Waals surface area contributed by atoms with E-state index in [2.05, 4.69) is 31.9 Å². The first-order valence-corrected chi connectivity index (χ1v) is 21.2. The van der Waals surface area contributed by atoms with E-state index in [1.807, 2.05) is 115 Å². The fourth-order valence-corrected chi connectivity index (χ4v) is 6.93. The SMILES string of the molecule is CCC(=O)N[C@H](Cc1ccccc1)C(=O)N[C@@H](Cc1ccc(-c2ccccc2)cc1)C(=O)N[C@H](CCc1ccccc1)C(=O)N[C@@H](Cc1ccc(NC=O)cc1)C(=O)N[C@@H](C)C(=O)O. The molecule has 0 aliphatic carbocycles. The molecule has 64 heavy (non-hydrogen) atoms. The quantitative estimate of drug-likeness (QED) is 0.0463. The predicted octanol–water partition coefficient (Wildman–Crippen LogP) is 4.52.